The predicted molar refractivity (Wildman–Crippen MR) is 368 cm³/mol. The Kier molecular flexibility index (Phi) is 11.7. The third kappa shape index (κ3) is 7.62. The van der Waals surface area contributed by atoms with Gasteiger partial charge in [-0.1, -0.05) is 121 Å². The molecular weight excluding hydrogens is 1120 g/mol. The Morgan fingerprint density at radius 3 is 1.13 bits per heavy atom. The van der Waals surface area contributed by atoms with Crippen LogP contribution >= 0.6 is 0 Å². The quantitative estimate of drug-likeness (QED) is 0.111. The molecule has 15 aromatic rings. The largest absolute Gasteiger partial charge is 0.184 e. The third-order valence-corrected chi connectivity index (χ3v) is 30.4. The molecule has 85 heavy (non-hydrogen) atoms. The minimum atomic E-state index is -2.99. The molecule has 0 saturated carbocycles. The summed E-state index contributed by atoms with van der Waals surface area (Å²) < 4.78 is 2.89. The monoisotopic (exact) mass is 1180 g/mol. The van der Waals surface area contributed by atoms with Crippen molar-refractivity contribution in [3.63, 3.8) is 0 Å². The van der Waals surface area contributed by atoms with Gasteiger partial charge in [0, 0.05) is 11.4 Å². The van der Waals surface area contributed by atoms with Crippen molar-refractivity contribution < 1.29 is 0 Å². The maximum Gasteiger partial charge on any atom is 0.184 e. The second-order valence-electron chi connectivity index (χ2n) is 22.7. The van der Waals surface area contributed by atoms with Crippen LogP contribution in [0.5, 0.6) is 0 Å². The predicted octanol–water partition coefficient (Wildman–Crippen LogP) is 15.0. The van der Waals surface area contributed by atoms with Crippen molar-refractivity contribution in [2.75, 3.05) is 9.80 Å². The number of hydrogen-bond donors (Lipinski definition) is 0. The van der Waals surface area contributed by atoms with E-state index in [2.05, 4.69) is 337 Å². The number of para-hydroxylation sites is 1. The van der Waals surface area contributed by atoms with Gasteiger partial charge in [0.25, 0.3) is 0 Å². The summed E-state index contributed by atoms with van der Waals surface area (Å²) in [5.41, 5.74) is 12.1. The smallest absolute Gasteiger partial charge is 0.0623 e. The van der Waals surface area contributed by atoms with Crippen molar-refractivity contribution in [2.24, 2.45) is 0 Å². The van der Waals surface area contributed by atoms with E-state index in [-0.39, 0.29) is 14.5 Å². The Hall–Kier alpha value is -9.85. The first-order chi connectivity index (χ1) is 42.1. The molecule has 2 aliphatic rings. The van der Waals surface area contributed by atoms with E-state index in [4.69, 9.17) is 0 Å². The van der Waals surface area contributed by atoms with Crippen molar-refractivity contribution in [1.82, 2.24) is 0 Å². The molecular formula is C80H54N2SeSi2. The summed E-state index contributed by atoms with van der Waals surface area (Å²) in [5.74, 6) is 0. The van der Waals surface area contributed by atoms with Crippen LogP contribution in [0.2, 0.25) is 0 Å². The molecule has 0 unspecified atom stereocenters. The number of fused-ring (bicyclic) bond motifs is 10. The first-order valence-corrected chi connectivity index (χ1v) is 35.1. The van der Waals surface area contributed by atoms with E-state index in [0.717, 1.165) is 11.4 Å². The maximum absolute atomic E-state index is 2.99. The van der Waals surface area contributed by atoms with Gasteiger partial charge in [0.2, 0.25) is 0 Å². The number of anilines is 6. The second-order valence-corrected chi connectivity index (χ2v) is 32.4. The molecule has 5 heteroatoms. The van der Waals surface area contributed by atoms with Crippen molar-refractivity contribution >= 4 is 147 Å². The van der Waals surface area contributed by atoms with Crippen LogP contribution in [0.25, 0.3) is 63.1 Å². The molecule has 0 spiro atoms. The van der Waals surface area contributed by atoms with Gasteiger partial charge >= 0.3 is 317 Å². The molecule has 1 aromatic heterocycles. The van der Waals surface area contributed by atoms with E-state index < -0.39 is 16.1 Å². The molecule has 398 valence electrons. The molecule has 17 rings (SSSR count). The fraction of sp³-hybridized carbons (Fsp3) is 0. The summed E-state index contributed by atoms with van der Waals surface area (Å²) in [6, 6.07) is 125. The van der Waals surface area contributed by atoms with Gasteiger partial charge in [-0.15, -0.1) is 0 Å². The van der Waals surface area contributed by atoms with Crippen LogP contribution in [0.1, 0.15) is 0 Å². The SMILES string of the molecule is c1ccc(-c2ccc3c(c2)N(c2ccc4c(ccc5cc(N6c7cc(-c8ccccc8)ccc7[Si](c7ccccc7)(c7ccccc7)c7cc8c(cc76)[se]c6ccccc68)ccc54)c2)c2ccccc2[Si]3(c2ccccc2)c2ccccc2)cc1. The Morgan fingerprint density at radius 2 is 0.624 bits per heavy atom. The average Bonchev–Trinajstić information content (AvgIpc) is 1.74. The zero-order valence-corrected chi connectivity index (χ0v) is 50.2. The van der Waals surface area contributed by atoms with Gasteiger partial charge in [-0.3, -0.25) is 0 Å². The summed E-state index contributed by atoms with van der Waals surface area (Å²) >= 11 is 0.168. The second kappa shape index (κ2) is 19.9. The zero-order chi connectivity index (χ0) is 56.1. The minimum absolute atomic E-state index is 0.168. The molecule has 0 fully saturated rings. The van der Waals surface area contributed by atoms with E-state index in [9.17, 15) is 0 Å². The van der Waals surface area contributed by atoms with Gasteiger partial charge < -0.3 is 4.90 Å². The van der Waals surface area contributed by atoms with Gasteiger partial charge in [0.05, 0.1) is 0 Å². The fourth-order valence-corrected chi connectivity index (χ4v) is 27.2. The molecule has 3 heterocycles. The van der Waals surface area contributed by atoms with E-state index in [1.165, 1.54) is 127 Å². The van der Waals surface area contributed by atoms with Crippen LogP contribution in [0.4, 0.5) is 34.1 Å². The summed E-state index contributed by atoms with van der Waals surface area (Å²) in [5, 5.41) is 18.8. The van der Waals surface area contributed by atoms with Crippen LogP contribution in [0, 0.1) is 0 Å². The third-order valence-electron chi connectivity index (χ3n) is 18.3. The molecule has 0 atom stereocenters. The standard InChI is InChI=1S/C80H54N2SeSi2/c1-7-23-55(24-8-1)57-41-47-78-72(51-57)81(71-36-20-22-38-77(71)84(78,63-27-11-3-12-28-63)64-29-13-4-14-30-64)61-43-45-67-59(49-61)39-40-60-50-62(44-46-68(60)67)82-73-52-58(56-25-9-2-10-26-56)42-48-79(73)85(65-31-15-5-16-32-65,66-33-17-6-18-34-66)80-53-70-69-35-19-21-37-75(69)83-76(70)54-74(80)82/h1-54H. The zero-order valence-electron chi connectivity index (χ0n) is 46.5. The van der Waals surface area contributed by atoms with Gasteiger partial charge in [0.1, 0.15) is 0 Å². The molecule has 0 saturated heterocycles. The first kappa shape index (κ1) is 49.7. The number of benzene rings is 14. The van der Waals surface area contributed by atoms with E-state index in [1.54, 1.807) is 0 Å². The van der Waals surface area contributed by atoms with Crippen LogP contribution in [-0.2, 0) is 0 Å². The van der Waals surface area contributed by atoms with E-state index in [0.29, 0.717) is 0 Å². The summed E-state index contributed by atoms with van der Waals surface area (Å²) in [6.07, 6.45) is 0. The van der Waals surface area contributed by atoms with Crippen molar-refractivity contribution in [1.29, 1.82) is 0 Å². The normalized spacial score (nSPS) is 13.8. The van der Waals surface area contributed by atoms with Crippen LogP contribution in [0.3, 0.4) is 0 Å². The summed E-state index contributed by atoms with van der Waals surface area (Å²) in [4.78, 5) is 5.18. The molecule has 0 N–H and O–H groups in total. The van der Waals surface area contributed by atoms with Crippen LogP contribution < -0.4 is 51.3 Å². The Bertz CT molecular complexity index is 4990. The van der Waals surface area contributed by atoms with E-state index in [1.807, 2.05) is 0 Å². The van der Waals surface area contributed by atoms with Gasteiger partial charge in [-0.2, -0.15) is 0 Å². The summed E-state index contributed by atoms with van der Waals surface area (Å²) in [7, 11) is -5.85. The molecule has 14 aromatic carbocycles. The van der Waals surface area contributed by atoms with Crippen molar-refractivity contribution in [2.45, 2.75) is 0 Å². The Balaban J connectivity index is 0.868. The molecule has 0 amide bonds. The topological polar surface area (TPSA) is 6.48 Å². The molecule has 0 aliphatic carbocycles. The van der Waals surface area contributed by atoms with Gasteiger partial charge in [0.15, 0.2) is 8.07 Å². The fourth-order valence-electron chi connectivity index (χ4n) is 14.7. The molecule has 0 radical (unpaired) electrons. The minimum Gasteiger partial charge on any atom is -0.0623 e. The number of nitrogens with zero attached hydrogens (tertiary/aromatic N) is 2. The molecule has 0 bridgehead atoms. The van der Waals surface area contributed by atoms with Crippen molar-refractivity contribution in [3.05, 3.63) is 328 Å². The average molecular weight is 1180 g/mol. The van der Waals surface area contributed by atoms with Crippen LogP contribution in [0.15, 0.2) is 328 Å². The van der Waals surface area contributed by atoms with Gasteiger partial charge in [-0.25, -0.2) is 0 Å². The Labute approximate surface area is 503 Å². The van der Waals surface area contributed by atoms with Crippen molar-refractivity contribution in [3.8, 4) is 22.3 Å². The Morgan fingerprint density at radius 1 is 0.224 bits per heavy atom. The first-order valence-electron chi connectivity index (χ1n) is 29.4. The number of hydrogen-bond acceptors (Lipinski definition) is 2. The maximum atomic E-state index is 2.63. The molecule has 2 aliphatic heterocycles. The summed E-state index contributed by atoms with van der Waals surface area (Å²) in [6.45, 7) is 0. The number of rotatable bonds is 8. The van der Waals surface area contributed by atoms with E-state index >= 15 is 0 Å². The molecule has 2 nitrogen and oxygen atoms in total. The van der Waals surface area contributed by atoms with Gasteiger partial charge in [-0.05, 0) is 44.0 Å². The van der Waals surface area contributed by atoms with Crippen LogP contribution in [-0.4, -0.2) is 30.7 Å².